The molecule has 2 rings (SSSR count). The zero-order chi connectivity index (χ0) is 17.9. The van der Waals surface area contributed by atoms with Crippen LogP contribution in [0.1, 0.15) is 45.9 Å². The summed E-state index contributed by atoms with van der Waals surface area (Å²) in [5.41, 5.74) is 0.621. The number of nitrogens with one attached hydrogen (secondary N) is 2. The Morgan fingerprint density at radius 1 is 1.29 bits per heavy atom. The Bertz CT molecular complexity index is 751. The van der Waals surface area contributed by atoms with E-state index in [1.54, 1.807) is 26.8 Å². The monoisotopic (exact) mass is 339 g/mol. The lowest BCUT2D eigenvalue weighted by Gasteiger charge is -2.19. The predicted octanol–water partition coefficient (Wildman–Crippen LogP) is 3.56. The van der Waals surface area contributed by atoms with E-state index in [0.29, 0.717) is 16.7 Å². The largest absolute Gasteiger partial charge is 0.460 e. The first-order valence-corrected chi connectivity index (χ1v) is 7.43. The predicted molar refractivity (Wildman–Crippen MR) is 84.8 cm³/mol. The van der Waals surface area contributed by atoms with Gasteiger partial charge in [0.05, 0.1) is 17.5 Å². The number of aromatic nitrogens is 2. The number of H-pyrrole nitrogens is 1. The molecule has 0 unspecified atom stereocenters. The van der Waals surface area contributed by atoms with E-state index in [1.807, 2.05) is 0 Å². The lowest BCUT2D eigenvalue weighted by Crippen LogP contribution is -2.24. The first kappa shape index (κ1) is 17.8. The lowest BCUT2D eigenvalue weighted by atomic mass is 10.2. The minimum atomic E-state index is -2.69. The molecule has 1 amide bonds. The van der Waals surface area contributed by atoms with Crippen molar-refractivity contribution in [2.24, 2.45) is 0 Å². The summed E-state index contributed by atoms with van der Waals surface area (Å²) in [6.07, 6.45) is -2.76. The first-order chi connectivity index (χ1) is 11.1. The number of imidazole rings is 1. The van der Waals surface area contributed by atoms with Gasteiger partial charge >= 0.3 is 5.97 Å². The van der Waals surface area contributed by atoms with Crippen molar-refractivity contribution in [3.63, 3.8) is 0 Å². The van der Waals surface area contributed by atoms with E-state index in [9.17, 15) is 18.4 Å². The van der Waals surface area contributed by atoms with Gasteiger partial charge in [0.1, 0.15) is 5.60 Å². The van der Waals surface area contributed by atoms with Gasteiger partial charge in [-0.05, 0) is 39.0 Å². The summed E-state index contributed by atoms with van der Waals surface area (Å²) >= 11 is 0. The molecule has 6 nitrogen and oxygen atoms in total. The van der Waals surface area contributed by atoms with Crippen LogP contribution in [0.2, 0.25) is 0 Å². The second-order valence-electron chi connectivity index (χ2n) is 6.29. The number of esters is 1. The van der Waals surface area contributed by atoms with Gasteiger partial charge < -0.3 is 15.0 Å². The van der Waals surface area contributed by atoms with E-state index >= 15 is 0 Å². The normalized spacial score (nSPS) is 11.8. The van der Waals surface area contributed by atoms with Gasteiger partial charge in [0, 0.05) is 12.1 Å². The number of benzene rings is 1. The maximum absolute atomic E-state index is 12.6. The Morgan fingerprint density at radius 3 is 2.62 bits per heavy atom. The molecule has 0 aliphatic rings. The van der Waals surface area contributed by atoms with Crippen molar-refractivity contribution in [2.45, 2.75) is 45.6 Å². The molecule has 1 aromatic carbocycles. The molecular formula is C16H19F2N3O3. The Morgan fingerprint density at radius 2 is 2.00 bits per heavy atom. The molecule has 1 heterocycles. The molecule has 0 atom stereocenters. The van der Waals surface area contributed by atoms with Crippen LogP contribution in [0.5, 0.6) is 0 Å². The molecule has 0 bridgehead atoms. The van der Waals surface area contributed by atoms with Crippen molar-refractivity contribution in [3.8, 4) is 0 Å². The number of carbonyl (C=O) groups is 2. The molecule has 0 fully saturated rings. The third-order valence-electron chi connectivity index (χ3n) is 2.97. The van der Waals surface area contributed by atoms with E-state index in [-0.39, 0.29) is 18.7 Å². The quantitative estimate of drug-likeness (QED) is 0.816. The molecule has 0 saturated carbocycles. The summed E-state index contributed by atoms with van der Waals surface area (Å²) < 4.78 is 30.3. The molecular weight excluding hydrogens is 320 g/mol. The molecule has 2 aromatic rings. The van der Waals surface area contributed by atoms with Crippen LogP contribution in [-0.4, -0.2) is 27.4 Å². The minimum Gasteiger partial charge on any atom is -0.460 e. The molecule has 0 saturated heterocycles. The number of carbonyl (C=O) groups excluding carboxylic acids is 2. The zero-order valence-electron chi connectivity index (χ0n) is 13.7. The molecule has 1 aromatic heterocycles. The number of aromatic amines is 1. The van der Waals surface area contributed by atoms with Crippen LogP contribution in [0.3, 0.4) is 0 Å². The lowest BCUT2D eigenvalue weighted by molar-refractivity contribution is -0.155. The van der Waals surface area contributed by atoms with E-state index in [4.69, 9.17) is 4.74 Å². The van der Waals surface area contributed by atoms with E-state index in [2.05, 4.69) is 15.3 Å². The highest BCUT2D eigenvalue weighted by Gasteiger charge is 2.17. The first-order valence-electron chi connectivity index (χ1n) is 7.43. The molecule has 0 radical (unpaired) electrons. The Labute approximate surface area is 137 Å². The highest BCUT2D eigenvalue weighted by molar-refractivity contribution is 5.94. The van der Waals surface area contributed by atoms with E-state index in [1.165, 1.54) is 12.1 Å². The number of hydrogen-bond acceptors (Lipinski definition) is 4. The third kappa shape index (κ3) is 5.00. The van der Waals surface area contributed by atoms with Crippen LogP contribution in [0.4, 0.5) is 14.5 Å². The smallest absolute Gasteiger partial charge is 0.306 e. The van der Waals surface area contributed by atoms with E-state index in [0.717, 1.165) is 0 Å². The van der Waals surface area contributed by atoms with Crippen molar-refractivity contribution in [1.82, 2.24) is 9.97 Å². The van der Waals surface area contributed by atoms with Crippen molar-refractivity contribution in [3.05, 3.63) is 24.0 Å². The maximum atomic E-state index is 12.6. The van der Waals surface area contributed by atoms with Crippen LogP contribution < -0.4 is 5.32 Å². The van der Waals surface area contributed by atoms with Crippen LogP contribution in [0, 0.1) is 0 Å². The summed E-state index contributed by atoms with van der Waals surface area (Å²) in [5, 5.41) is 2.61. The number of anilines is 1. The molecule has 24 heavy (non-hydrogen) atoms. The Kier molecular flexibility index (Phi) is 5.16. The van der Waals surface area contributed by atoms with Crippen molar-refractivity contribution < 1.29 is 23.1 Å². The highest BCUT2D eigenvalue weighted by atomic mass is 19.3. The van der Waals surface area contributed by atoms with Crippen molar-refractivity contribution in [1.29, 1.82) is 0 Å². The van der Waals surface area contributed by atoms with Gasteiger partial charge in [-0.25, -0.2) is 13.8 Å². The summed E-state index contributed by atoms with van der Waals surface area (Å²) in [6, 6.07) is 4.60. The summed E-state index contributed by atoms with van der Waals surface area (Å²) in [7, 11) is 0. The van der Waals surface area contributed by atoms with Crippen LogP contribution in [0.15, 0.2) is 18.2 Å². The standard InChI is InChI=1S/C16H19F2N3O3/c1-16(2,3)24-13(23)7-6-12(22)19-9-4-5-10-11(8-9)21-15(20-10)14(17)18/h4-5,8,14H,6-7H2,1-3H3,(H,19,22)(H,20,21). The maximum Gasteiger partial charge on any atom is 0.306 e. The van der Waals surface area contributed by atoms with Gasteiger partial charge in [0.15, 0.2) is 5.82 Å². The topological polar surface area (TPSA) is 84.1 Å². The Balaban J connectivity index is 1.94. The summed E-state index contributed by atoms with van der Waals surface area (Å²) in [6.45, 7) is 5.24. The fourth-order valence-electron chi connectivity index (χ4n) is 2.04. The van der Waals surface area contributed by atoms with Gasteiger partial charge in [-0.3, -0.25) is 9.59 Å². The fourth-order valence-corrected chi connectivity index (χ4v) is 2.04. The van der Waals surface area contributed by atoms with Crippen molar-refractivity contribution >= 4 is 28.6 Å². The average Bonchev–Trinajstić information content (AvgIpc) is 2.87. The number of hydrogen-bond donors (Lipinski definition) is 2. The van der Waals surface area contributed by atoms with Gasteiger partial charge in [0.2, 0.25) is 5.91 Å². The molecule has 0 spiro atoms. The highest BCUT2D eigenvalue weighted by Crippen LogP contribution is 2.22. The number of halogens is 2. The molecule has 0 aliphatic heterocycles. The van der Waals surface area contributed by atoms with Gasteiger partial charge in [-0.1, -0.05) is 0 Å². The van der Waals surface area contributed by atoms with Gasteiger partial charge in [-0.2, -0.15) is 0 Å². The Hall–Kier alpha value is -2.51. The van der Waals surface area contributed by atoms with Crippen LogP contribution in [0.25, 0.3) is 11.0 Å². The van der Waals surface area contributed by atoms with Gasteiger partial charge in [0.25, 0.3) is 6.43 Å². The number of rotatable bonds is 5. The van der Waals surface area contributed by atoms with Crippen LogP contribution >= 0.6 is 0 Å². The average molecular weight is 339 g/mol. The minimum absolute atomic E-state index is 0.0296. The summed E-state index contributed by atoms with van der Waals surface area (Å²) in [5.74, 6) is -1.24. The molecule has 8 heteroatoms. The van der Waals surface area contributed by atoms with Gasteiger partial charge in [-0.15, -0.1) is 0 Å². The second kappa shape index (κ2) is 6.94. The number of nitrogens with zero attached hydrogens (tertiary/aromatic N) is 1. The summed E-state index contributed by atoms with van der Waals surface area (Å²) in [4.78, 5) is 29.7. The van der Waals surface area contributed by atoms with E-state index < -0.39 is 23.8 Å². The number of alkyl halides is 2. The molecule has 0 aliphatic carbocycles. The third-order valence-corrected chi connectivity index (χ3v) is 2.97. The fraction of sp³-hybridized carbons (Fsp3) is 0.438. The SMILES string of the molecule is CC(C)(C)OC(=O)CCC(=O)Nc1ccc2nc(C(F)F)[nH]c2c1. The number of ether oxygens (including phenoxy) is 1. The number of amides is 1. The van der Waals surface area contributed by atoms with Crippen LogP contribution in [-0.2, 0) is 14.3 Å². The zero-order valence-corrected chi connectivity index (χ0v) is 13.7. The molecule has 2 N–H and O–H groups in total. The van der Waals surface area contributed by atoms with Crippen molar-refractivity contribution in [2.75, 3.05) is 5.32 Å². The second-order valence-corrected chi connectivity index (χ2v) is 6.29. The molecule has 130 valence electrons. The number of fused-ring (bicyclic) bond motifs is 1.